The minimum absolute atomic E-state index is 0.179. The summed E-state index contributed by atoms with van der Waals surface area (Å²) in [5.74, 6) is 1.97. The number of hydrogen-bond acceptors (Lipinski definition) is 5. The largest absolute Gasteiger partial charge is 0.497 e. The molecular weight excluding hydrogens is 278 g/mol. The van der Waals surface area contributed by atoms with E-state index in [9.17, 15) is 5.11 Å². The summed E-state index contributed by atoms with van der Waals surface area (Å²) in [7, 11) is 1.65. The maximum Gasteiger partial charge on any atom is 0.156 e. The van der Waals surface area contributed by atoms with E-state index in [4.69, 9.17) is 4.74 Å². The normalized spacial score (nSPS) is 10.6. The van der Waals surface area contributed by atoms with Crippen molar-refractivity contribution in [2.24, 2.45) is 0 Å². The van der Waals surface area contributed by atoms with Crippen LogP contribution in [0.3, 0.4) is 0 Å². The van der Waals surface area contributed by atoms with E-state index in [1.54, 1.807) is 7.11 Å². The van der Waals surface area contributed by atoms with E-state index in [1.165, 1.54) is 0 Å². The van der Waals surface area contributed by atoms with Crippen molar-refractivity contribution in [3.8, 4) is 5.75 Å². The SMILES string of the molecule is COc1ccc(CNc2nc(CO)nc3ccccc23)cc1. The quantitative estimate of drug-likeness (QED) is 0.757. The van der Waals surface area contributed by atoms with Gasteiger partial charge in [0.05, 0.1) is 12.6 Å². The average molecular weight is 295 g/mol. The highest BCUT2D eigenvalue weighted by Crippen LogP contribution is 2.21. The molecule has 3 rings (SSSR count). The maximum absolute atomic E-state index is 9.30. The maximum atomic E-state index is 9.30. The molecule has 5 nitrogen and oxygen atoms in total. The fraction of sp³-hybridized carbons (Fsp3) is 0.176. The fourth-order valence-corrected chi connectivity index (χ4v) is 2.26. The lowest BCUT2D eigenvalue weighted by molar-refractivity contribution is 0.272. The Morgan fingerprint density at radius 3 is 2.55 bits per heavy atom. The standard InChI is InChI=1S/C17H17N3O2/c1-22-13-8-6-12(7-9-13)10-18-17-14-4-2-3-5-15(14)19-16(11-21)20-17/h2-9,21H,10-11H2,1H3,(H,18,19,20). The predicted molar refractivity (Wildman–Crippen MR) is 85.8 cm³/mol. The summed E-state index contributed by atoms with van der Waals surface area (Å²) in [4.78, 5) is 8.69. The summed E-state index contributed by atoms with van der Waals surface area (Å²) in [5, 5.41) is 13.5. The number of methoxy groups -OCH3 is 1. The van der Waals surface area contributed by atoms with Crippen LogP contribution in [-0.4, -0.2) is 22.2 Å². The molecule has 1 aromatic heterocycles. The molecule has 0 amide bonds. The number of nitrogens with zero attached hydrogens (tertiary/aromatic N) is 2. The zero-order chi connectivity index (χ0) is 15.4. The van der Waals surface area contributed by atoms with Gasteiger partial charge in [0.1, 0.15) is 18.2 Å². The van der Waals surface area contributed by atoms with Crippen molar-refractivity contribution in [3.63, 3.8) is 0 Å². The molecule has 0 aliphatic carbocycles. The molecule has 0 aliphatic rings. The van der Waals surface area contributed by atoms with Gasteiger partial charge in [-0.15, -0.1) is 0 Å². The van der Waals surface area contributed by atoms with Crippen LogP contribution >= 0.6 is 0 Å². The first-order valence-corrected chi connectivity index (χ1v) is 7.03. The second-order valence-corrected chi connectivity index (χ2v) is 4.87. The van der Waals surface area contributed by atoms with Crippen LogP contribution in [0.25, 0.3) is 10.9 Å². The van der Waals surface area contributed by atoms with Crippen molar-refractivity contribution >= 4 is 16.7 Å². The number of hydrogen-bond donors (Lipinski definition) is 2. The van der Waals surface area contributed by atoms with Crippen molar-refractivity contribution in [1.29, 1.82) is 0 Å². The molecular formula is C17H17N3O2. The molecule has 0 atom stereocenters. The number of aromatic nitrogens is 2. The smallest absolute Gasteiger partial charge is 0.156 e. The van der Waals surface area contributed by atoms with Crippen LogP contribution in [0.2, 0.25) is 0 Å². The molecule has 0 aliphatic heterocycles. The topological polar surface area (TPSA) is 67.3 Å². The van der Waals surface area contributed by atoms with Gasteiger partial charge in [-0.3, -0.25) is 0 Å². The minimum atomic E-state index is -0.179. The third-order valence-electron chi connectivity index (χ3n) is 3.41. The Morgan fingerprint density at radius 1 is 1.05 bits per heavy atom. The number of para-hydroxylation sites is 1. The van der Waals surface area contributed by atoms with E-state index in [1.807, 2.05) is 48.5 Å². The van der Waals surface area contributed by atoms with Crippen LogP contribution in [0.15, 0.2) is 48.5 Å². The number of aliphatic hydroxyl groups is 1. The lowest BCUT2D eigenvalue weighted by Gasteiger charge is -2.10. The Kier molecular flexibility index (Phi) is 4.16. The van der Waals surface area contributed by atoms with E-state index < -0.39 is 0 Å². The van der Waals surface area contributed by atoms with Gasteiger partial charge in [-0.25, -0.2) is 9.97 Å². The van der Waals surface area contributed by atoms with Crippen molar-refractivity contribution in [2.45, 2.75) is 13.2 Å². The molecule has 0 radical (unpaired) electrons. The fourth-order valence-electron chi connectivity index (χ4n) is 2.26. The highest BCUT2D eigenvalue weighted by molar-refractivity contribution is 5.88. The number of anilines is 1. The van der Waals surface area contributed by atoms with Gasteiger partial charge in [0.15, 0.2) is 5.82 Å². The van der Waals surface area contributed by atoms with Gasteiger partial charge in [0.25, 0.3) is 0 Å². The molecule has 0 saturated heterocycles. The molecule has 1 heterocycles. The first kappa shape index (κ1) is 14.3. The Balaban J connectivity index is 1.86. The van der Waals surface area contributed by atoms with Gasteiger partial charge in [0.2, 0.25) is 0 Å². The second-order valence-electron chi connectivity index (χ2n) is 4.87. The number of benzene rings is 2. The van der Waals surface area contributed by atoms with E-state index in [-0.39, 0.29) is 6.61 Å². The first-order chi connectivity index (χ1) is 10.8. The summed E-state index contributed by atoms with van der Waals surface area (Å²) in [5.41, 5.74) is 1.94. The summed E-state index contributed by atoms with van der Waals surface area (Å²) in [6.07, 6.45) is 0. The van der Waals surface area contributed by atoms with E-state index in [0.717, 1.165) is 28.0 Å². The molecule has 0 unspecified atom stereocenters. The van der Waals surface area contributed by atoms with E-state index in [2.05, 4.69) is 15.3 Å². The van der Waals surface area contributed by atoms with Gasteiger partial charge in [-0.1, -0.05) is 24.3 Å². The molecule has 2 N–H and O–H groups in total. The molecule has 5 heteroatoms. The zero-order valence-corrected chi connectivity index (χ0v) is 12.3. The molecule has 0 bridgehead atoms. The first-order valence-electron chi connectivity index (χ1n) is 7.03. The summed E-state index contributed by atoms with van der Waals surface area (Å²) < 4.78 is 5.15. The van der Waals surface area contributed by atoms with Crippen molar-refractivity contribution < 1.29 is 9.84 Å². The monoisotopic (exact) mass is 295 g/mol. The molecule has 22 heavy (non-hydrogen) atoms. The summed E-state index contributed by atoms with van der Waals surface area (Å²) in [6.45, 7) is 0.456. The Morgan fingerprint density at radius 2 is 1.82 bits per heavy atom. The minimum Gasteiger partial charge on any atom is -0.497 e. The van der Waals surface area contributed by atoms with Gasteiger partial charge in [-0.2, -0.15) is 0 Å². The van der Waals surface area contributed by atoms with Crippen LogP contribution in [0.5, 0.6) is 5.75 Å². The molecule has 2 aromatic carbocycles. The highest BCUT2D eigenvalue weighted by Gasteiger charge is 2.06. The molecule has 0 spiro atoms. The zero-order valence-electron chi connectivity index (χ0n) is 12.3. The number of fused-ring (bicyclic) bond motifs is 1. The van der Waals surface area contributed by atoms with Gasteiger partial charge >= 0.3 is 0 Å². The van der Waals surface area contributed by atoms with E-state index >= 15 is 0 Å². The van der Waals surface area contributed by atoms with Crippen molar-refractivity contribution in [2.75, 3.05) is 12.4 Å². The second kappa shape index (κ2) is 6.41. The van der Waals surface area contributed by atoms with E-state index in [0.29, 0.717) is 12.4 Å². The predicted octanol–water partition coefficient (Wildman–Crippen LogP) is 2.74. The Labute approximate surface area is 128 Å². The molecule has 112 valence electrons. The molecule has 3 aromatic rings. The average Bonchev–Trinajstić information content (AvgIpc) is 2.59. The summed E-state index contributed by atoms with van der Waals surface area (Å²) >= 11 is 0. The van der Waals surface area contributed by atoms with Crippen LogP contribution in [-0.2, 0) is 13.2 Å². The number of rotatable bonds is 5. The lowest BCUT2D eigenvalue weighted by atomic mass is 10.2. The number of aliphatic hydroxyl groups excluding tert-OH is 1. The molecule has 0 fully saturated rings. The highest BCUT2D eigenvalue weighted by atomic mass is 16.5. The third-order valence-corrected chi connectivity index (χ3v) is 3.41. The summed E-state index contributed by atoms with van der Waals surface area (Å²) in [6, 6.07) is 15.6. The van der Waals surface area contributed by atoms with Gasteiger partial charge in [-0.05, 0) is 29.8 Å². The Bertz CT molecular complexity index is 772. The van der Waals surface area contributed by atoms with Crippen molar-refractivity contribution in [1.82, 2.24) is 9.97 Å². The van der Waals surface area contributed by atoms with Gasteiger partial charge in [0, 0.05) is 11.9 Å². The van der Waals surface area contributed by atoms with Crippen LogP contribution < -0.4 is 10.1 Å². The van der Waals surface area contributed by atoms with Gasteiger partial charge < -0.3 is 15.2 Å². The Hall–Kier alpha value is -2.66. The van der Waals surface area contributed by atoms with Crippen LogP contribution in [0.1, 0.15) is 11.4 Å². The van der Waals surface area contributed by atoms with Crippen LogP contribution in [0.4, 0.5) is 5.82 Å². The lowest BCUT2D eigenvalue weighted by Crippen LogP contribution is -2.05. The number of nitrogens with one attached hydrogen (secondary N) is 1. The third kappa shape index (κ3) is 2.99. The van der Waals surface area contributed by atoms with Crippen molar-refractivity contribution in [3.05, 3.63) is 59.9 Å². The molecule has 0 saturated carbocycles. The van der Waals surface area contributed by atoms with Crippen LogP contribution in [0, 0.1) is 0 Å². The number of ether oxygens (including phenoxy) is 1.